The summed E-state index contributed by atoms with van der Waals surface area (Å²) in [6.07, 6.45) is -2.64. The first-order valence-electron chi connectivity index (χ1n) is 9.14. The van der Waals surface area contributed by atoms with Gasteiger partial charge in [0.2, 0.25) is 5.91 Å². The summed E-state index contributed by atoms with van der Waals surface area (Å²) < 4.78 is 36.8. The molecule has 0 aliphatic carbocycles. The average molecular weight is 408 g/mol. The third kappa shape index (κ3) is 7.17. The van der Waals surface area contributed by atoms with Crippen molar-refractivity contribution in [3.63, 3.8) is 0 Å². The van der Waals surface area contributed by atoms with E-state index in [-0.39, 0.29) is 35.5 Å². The molecule has 0 fully saturated rings. The van der Waals surface area contributed by atoms with Gasteiger partial charge in [0, 0.05) is 30.4 Å². The molecule has 0 aliphatic heterocycles. The Kier molecular flexibility index (Phi) is 7.30. The van der Waals surface area contributed by atoms with E-state index in [0.29, 0.717) is 5.82 Å². The van der Waals surface area contributed by atoms with Crippen molar-refractivity contribution in [1.82, 2.24) is 15.3 Å². The van der Waals surface area contributed by atoms with E-state index in [1.54, 1.807) is 32.9 Å². The van der Waals surface area contributed by atoms with Crippen molar-refractivity contribution < 1.29 is 22.8 Å². The van der Waals surface area contributed by atoms with Gasteiger partial charge in [0.1, 0.15) is 5.82 Å². The predicted octanol–water partition coefficient (Wildman–Crippen LogP) is 4.06. The summed E-state index contributed by atoms with van der Waals surface area (Å²) in [6, 6.07) is 5.86. The lowest BCUT2D eigenvalue weighted by Crippen LogP contribution is -2.27. The normalized spacial score (nSPS) is 12.5. The lowest BCUT2D eigenvalue weighted by molar-refractivity contribution is -0.134. The molecular formula is C20H23F3N4O2. The van der Waals surface area contributed by atoms with Crippen LogP contribution in [0.2, 0.25) is 0 Å². The van der Waals surface area contributed by atoms with Gasteiger partial charge < -0.3 is 10.6 Å². The predicted molar refractivity (Wildman–Crippen MR) is 102 cm³/mol. The number of rotatable bonds is 7. The molecule has 1 atom stereocenters. The molecule has 1 unspecified atom stereocenters. The monoisotopic (exact) mass is 408 g/mol. The van der Waals surface area contributed by atoms with Gasteiger partial charge in [0.15, 0.2) is 0 Å². The molecule has 2 aromatic rings. The van der Waals surface area contributed by atoms with Crippen LogP contribution in [0.15, 0.2) is 36.7 Å². The van der Waals surface area contributed by atoms with Crippen LogP contribution in [0.25, 0.3) is 0 Å². The Morgan fingerprint density at radius 1 is 1.10 bits per heavy atom. The molecule has 2 amide bonds. The van der Waals surface area contributed by atoms with Crippen LogP contribution < -0.4 is 10.6 Å². The number of carbonyl (C=O) groups excluding carboxylic acids is 2. The molecule has 2 rings (SSSR count). The van der Waals surface area contributed by atoms with E-state index in [0.717, 1.165) is 5.56 Å². The first-order chi connectivity index (χ1) is 13.5. The maximum absolute atomic E-state index is 12.4. The first kappa shape index (κ1) is 22.3. The minimum absolute atomic E-state index is 0.164. The number of nitrogens with one attached hydrogen (secondary N) is 2. The standard InChI is InChI=1S/C20H23F3N4O2/c1-12(2)18(28)27-17-10-14(7-9-24-17)13(3)26-19(29)15-4-5-16(25-11-15)6-8-20(21,22)23/h4-5,7,9-13H,6,8H2,1-3H3,(H,26,29)(H,24,27,28). The van der Waals surface area contributed by atoms with Crippen LogP contribution in [0.1, 0.15) is 54.8 Å². The fourth-order valence-corrected chi connectivity index (χ4v) is 2.39. The highest BCUT2D eigenvalue weighted by Crippen LogP contribution is 2.21. The van der Waals surface area contributed by atoms with Gasteiger partial charge in [-0.15, -0.1) is 0 Å². The summed E-state index contributed by atoms with van der Waals surface area (Å²) in [6.45, 7) is 5.31. The van der Waals surface area contributed by atoms with Gasteiger partial charge in [-0.2, -0.15) is 13.2 Å². The van der Waals surface area contributed by atoms with Crippen molar-refractivity contribution in [3.8, 4) is 0 Å². The summed E-state index contributed by atoms with van der Waals surface area (Å²) in [5, 5.41) is 5.49. The van der Waals surface area contributed by atoms with Crippen LogP contribution in [0, 0.1) is 5.92 Å². The largest absolute Gasteiger partial charge is 0.389 e. The number of aromatic nitrogens is 2. The van der Waals surface area contributed by atoms with E-state index in [2.05, 4.69) is 20.6 Å². The number of carbonyl (C=O) groups is 2. The van der Waals surface area contributed by atoms with E-state index in [4.69, 9.17) is 0 Å². The summed E-state index contributed by atoms with van der Waals surface area (Å²) in [5.74, 6) is -0.373. The number of anilines is 1. The van der Waals surface area contributed by atoms with E-state index in [9.17, 15) is 22.8 Å². The number of pyridine rings is 2. The zero-order chi connectivity index (χ0) is 21.6. The number of aryl methyl sites for hydroxylation is 1. The number of amides is 2. The molecule has 156 valence electrons. The molecule has 0 spiro atoms. The quantitative estimate of drug-likeness (QED) is 0.724. The molecule has 29 heavy (non-hydrogen) atoms. The second kappa shape index (κ2) is 9.49. The van der Waals surface area contributed by atoms with Crippen LogP contribution in [-0.4, -0.2) is 28.0 Å². The van der Waals surface area contributed by atoms with Gasteiger partial charge in [0.25, 0.3) is 5.91 Å². The number of alkyl halides is 3. The van der Waals surface area contributed by atoms with E-state index in [1.807, 2.05) is 0 Å². The van der Waals surface area contributed by atoms with E-state index < -0.39 is 18.5 Å². The maximum Gasteiger partial charge on any atom is 0.389 e. The van der Waals surface area contributed by atoms with Crippen molar-refractivity contribution in [2.24, 2.45) is 5.92 Å². The summed E-state index contributed by atoms with van der Waals surface area (Å²) in [5.41, 5.74) is 1.25. The molecule has 2 aromatic heterocycles. The first-order valence-corrected chi connectivity index (χ1v) is 9.14. The Morgan fingerprint density at radius 3 is 2.41 bits per heavy atom. The molecule has 6 nitrogen and oxygen atoms in total. The highest BCUT2D eigenvalue weighted by molar-refractivity contribution is 5.94. The van der Waals surface area contributed by atoms with E-state index in [1.165, 1.54) is 24.5 Å². The second-order valence-electron chi connectivity index (χ2n) is 6.97. The van der Waals surface area contributed by atoms with Crippen LogP contribution in [0.4, 0.5) is 19.0 Å². The SMILES string of the molecule is CC(C)C(=O)Nc1cc(C(C)NC(=O)c2ccc(CCC(F)(F)F)nc2)ccn1. The van der Waals surface area contributed by atoms with E-state index >= 15 is 0 Å². The Labute approximate surface area is 166 Å². The highest BCUT2D eigenvalue weighted by Gasteiger charge is 2.26. The molecule has 2 heterocycles. The number of hydrogen-bond acceptors (Lipinski definition) is 4. The third-order valence-electron chi connectivity index (χ3n) is 4.16. The van der Waals surface area contributed by atoms with Crippen molar-refractivity contribution in [2.45, 2.75) is 45.8 Å². The van der Waals surface area contributed by atoms with Crippen molar-refractivity contribution in [3.05, 3.63) is 53.5 Å². The fraction of sp³-hybridized carbons (Fsp3) is 0.400. The van der Waals surface area contributed by atoms with Crippen molar-refractivity contribution in [1.29, 1.82) is 0 Å². The second-order valence-corrected chi connectivity index (χ2v) is 6.97. The molecule has 0 radical (unpaired) electrons. The van der Waals surface area contributed by atoms with Crippen LogP contribution in [-0.2, 0) is 11.2 Å². The van der Waals surface area contributed by atoms with Crippen molar-refractivity contribution in [2.75, 3.05) is 5.32 Å². The molecule has 0 saturated carbocycles. The molecule has 2 N–H and O–H groups in total. The molecule has 0 aromatic carbocycles. The Hall–Kier alpha value is -2.97. The lowest BCUT2D eigenvalue weighted by atomic mass is 10.1. The summed E-state index contributed by atoms with van der Waals surface area (Å²) in [7, 11) is 0. The topological polar surface area (TPSA) is 84.0 Å². The molecule has 0 bridgehead atoms. The van der Waals surface area contributed by atoms with Crippen molar-refractivity contribution >= 4 is 17.6 Å². The Balaban J connectivity index is 1.99. The van der Waals surface area contributed by atoms with Gasteiger partial charge >= 0.3 is 6.18 Å². The summed E-state index contributed by atoms with van der Waals surface area (Å²) >= 11 is 0. The van der Waals surface area contributed by atoms with Crippen LogP contribution in [0.3, 0.4) is 0 Å². The molecule has 9 heteroatoms. The van der Waals surface area contributed by atoms with Gasteiger partial charge in [-0.25, -0.2) is 4.98 Å². The number of halogens is 3. The van der Waals surface area contributed by atoms with Crippen LogP contribution >= 0.6 is 0 Å². The fourth-order valence-electron chi connectivity index (χ4n) is 2.39. The van der Waals surface area contributed by atoms with Gasteiger partial charge in [-0.1, -0.05) is 13.8 Å². The number of hydrogen-bond donors (Lipinski definition) is 2. The Morgan fingerprint density at radius 2 is 1.83 bits per heavy atom. The van der Waals surface area contributed by atoms with Gasteiger partial charge in [0.05, 0.1) is 11.6 Å². The third-order valence-corrected chi connectivity index (χ3v) is 4.16. The van der Waals surface area contributed by atoms with Crippen LogP contribution in [0.5, 0.6) is 0 Å². The molecule has 0 saturated heterocycles. The maximum atomic E-state index is 12.4. The zero-order valence-electron chi connectivity index (χ0n) is 16.4. The smallest absolute Gasteiger partial charge is 0.345 e. The Bertz CT molecular complexity index is 852. The van der Waals surface area contributed by atoms with Gasteiger partial charge in [-0.05, 0) is 43.2 Å². The lowest BCUT2D eigenvalue weighted by Gasteiger charge is -2.16. The molecular weight excluding hydrogens is 385 g/mol. The molecule has 0 aliphatic rings. The minimum Gasteiger partial charge on any atom is -0.345 e. The zero-order valence-corrected chi connectivity index (χ0v) is 16.4. The highest BCUT2D eigenvalue weighted by atomic mass is 19.4. The summed E-state index contributed by atoms with van der Waals surface area (Å²) in [4.78, 5) is 32.2. The average Bonchev–Trinajstić information content (AvgIpc) is 2.66. The number of nitrogens with zero attached hydrogens (tertiary/aromatic N) is 2. The van der Waals surface area contributed by atoms with Gasteiger partial charge in [-0.3, -0.25) is 14.6 Å². The minimum atomic E-state index is -4.24.